The molecule has 1 aliphatic carbocycles. The van der Waals surface area contributed by atoms with Crippen LogP contribution in [0.25, 0.3) is 0 Å². The number of hydrogen-bond acceptors (Lipinski definition) is 5. The van der Waals surface area contributed by atoms with Crippen LogP contribution in [0.5, 0.6) is 0 Å². The van der Waals surface area contributed by atoms with E-state index in [0.717, 1.165) is 29.7 Å². The second-order valence-electron chi connectivity index (χ2n) is 7.00. The number of anilines is 1. The molecule has 2 amide bonds. The highest BCUT2D eigenvalue weighted by molar-refractivity contribution is 7.16. The Kier molecular flexibility index (Phi) is 6.25. The zero-order valence-corrected chi connectivity index (χ0v) is 16.0. The van der Waals surface area contributed by atoms with Crippen molar-refractivity contribution in [3.05, 3.63) is 16.0 Å². The number of amides is 2. The zero-order valence-electron chi connectivity index (χ0n) is 15.2. The van der Waals surface area contributed by atoms with E-state index in [9.17, 15) is 28.0 Å². The molecule has 0 radical (unpaired) electrons. The number of alkyl halides is 3. The molecule has 1 saturated heterocycles. The second kappa shape index (κ2) is 8.49. The van der Waals surface area contributed by atoms with Gasteiger partial charge in [0.2, 0.25) is 11.8 Å². The van der Waals surface area contributed by atoms with E-state index in [1.807, 2.05) is 5.32 Å². The number of hydrogen-bond donors (Lipinski definition) is 2. The van der Waals surface area contributed by atoms with Crippen LogP contribution in [0.15, 0.2) is 0 Å². The van der Waals surface area contributed by atoms with Crippen molar-refractivity contribution in [2.24, 2.45) is 0 Å². The first kappa shape index (κ1) is 20.6. The Bertz CT molecular complexity index is 800. The average Bonchev–Trinajstić information content (AvgIpc) is 3.32. The number of nitrogens with zero attached hydrogens (tertiary/aromatic N) is 2. The van der Waals surface area contributed by atoms with Crippen molar-refractivity contribution in [3.63, 3.8) is 0 Å². The van der Waals surface area contributed by atoms with Crippen LogP contribution in [0.4, 0.5) is 18.2 Å². The molecule has 2 N–H and O–H groups in total. The van der Waals surface area contributed by atoms with E-state index in [0.29, 0.717) is 30.0 Å². The van der Waals surface area contributed by atoms with Crippen molar-refractivity contribution in [1.29, 1.82) is 5.26 Å². The highest BCUT2D eigenvalue weighted by atomic mass is 32.1. The van der Waals surface area contributed by atoms with Crippen LogP contribution in [0.3, 0.4) is 0 Å². The van der Waals surface area contributed by atoms with Crippen LogP contribution in [-0.4, -0.2) is 48.6 Å². The van der Waals surface area contributed by atoms with Crippen LogP contribution in [-0.2, 0) is 22.4 Å². The number of rotatable bonds is 6. The highest BCUT2D eigenvalue weighted by Gasteiger charge is 2.34. The lowest BCUT2D eigenvalue weighted by molar-refractivity contribution is -0.141. The summed E-state index contributed by atoms with van der Waals surface area (Å²) in [5.74, 6) is -0.922. The summed E-state index contributed by atoms with van der Waals surface area (Å²) < 4.78 is 36.8. The molecule has 1 unspecified atom stereocenters. The Morgan fingerprint density at radius 3 is 2.79 bits per heavy atom. The maximum atomic E-state index is 12.3. The molecule has 1 aromatic heterocycles. The van der Waals surface area contributed by atoms with E-state index >= 15 is 0 Å². The molecule has 1 atom stereocenters. The third-order valence-electron chi connectivity index (χ3n) is 5.04. The van der Waals surface area contributed by atoms with Crippen LogP contribution in [0, 0.1) is 11.3 Å². The average molecular weight is 414 g/mol. The SMILES string of the molecule is N#Cc1c(NC(=O)CCN2CCCC2C(=O)NCC(F)(F)F)sc2c1CCC2. The molecule has 28 heavy (non-hydrogen) atoms. The molecule has 1 aromatic rings. The molecule has 1 aliphatic heterocycles. The van der Waals surface area contributed by atoms with Gasteiger partial charge in [0.1, 0.15) is 17.6 Å². The van der Waals surface area contributed by atoms with Crippen LogP contribution >= 0.6 is 11.3 Å². The van der Waals surface area contributed by atoms with Gasteiger partial charge in [-0.3, -0.25) is 14.5 Å². The number of nitriles is 1. The van der Waals surface area contributed by atoms with E-state index in [4.69, 9.17) is 0 Å². The summed E-state index contributed by atoms with van der Waals surface area (Å²) in [7, 11) is 0. The normalized spacial score (nSPS) is 19.3. The number of halogens is 3. The van der Waals surface area contributed by atoms with E-state index < -0.39 is 24.7 Å². The molecule has 0 spiro atoms. The molecule has 0 aromatic carbocycles. The van der Waals surface area contributed by atoms with Crippen molar-refractivity contribution >= 4 is 28.2 Å². The fourth-order valence-electron chi connectivity index (χ4n) is 3.74. The van der Waals surface area contributed by atoms with Crippen LogP contribution in [0.1, 0.15) is 41.7 Å². The Morgan fingerprint density at radius 1 is 1.29 bits per heavy atom. The molecule has 0 saturated carbocycles. The molecule has 152 valence electrons. The highest BCUT2D eigenvalue weighted by Crippen LogP contribution is 2.38. The fourth-order valence-corrected chi connectivity index (χ4v) is 5.00. The minimum atomic E-state index is -4.45. The topological polar surface area (TPSA) is 85.2 Å². The van der Waals surface area contributed by atoms with Gasteiger partial charge < -0.3 is 10.6 Å². The maximum absolute atomic E-state index is 12.3. The number of carbonyl (C=O) groups is 2. The van der Waals surface area contributed by atoms with Gasteiger partial charge >= 0.3 is 6.18 Å². The third kappa shape index (κ3) is 4.83. The Morgan fingerprint density at radius 2 is 2.07 bits per heavy atom. The maximum Gasteiger partial charge on any atom is 0.405 e. The third-order valence-corrected chi connectivity index (χ3v) is 6.25. The van der Waals surface area contributed by atoms with Gasteiger partial charge in [0.15, 0.2) is 0 Å². The lowest BCUT2D eigenvalue weighted by Gasteiger charge is -2.23. The Balaban J connectivity index is 1.52. The molecule has 6 nitrogen and oxygen atoms in total. The van der Waals surface area contributed by atoms with Crippen molar-refractivity contribution in [3.8, 4) is 6.07 Å². The molecular formula is C18H21F3N4O2S. The summed E-state index contributed by atoms with van der Waals surface area (Å²) in [5.41, 5.74) is 1.57. The second-order valence-corrected chi connectivity index (χ2v) is 8.10. The van der Waals surface area contributed by atoms with Crippen molar-refractivity contribution in [2.45, 2.75) is 50.7 Å². The predicted octanol–water partition coefficient (Wildman–Crippen LogP) is 2.58. The van der Waals surface area contributed by atoms with Gasteiger partial charge in [-0.25, -0.2) is 0 Å². The van der Waals surface area contributed by atoms with E-state index in [1.165, 1.54) is 11.3 Å². The first-order valence-electron chi connectivity index (χ1n) is 9.21. The lowest BCUT2D eigenvalue weighted by atomic mass is 10.1. The number of aryl methyl sites for hydroxylation is 1. The first-order valence-corrected chi connectivity index (χ1v) is 10.0. The number of thiophene rings is 1. The van der Waals surface area contributed by atoms with Gasteiger partial charge in [-0.2, -0.15) is 18.4 Å². The van der Waals surface area contributed by atoms with Gasteiger partial charge in [-0.1, -0.05) is 0 Å². The van der Waals surface area contributed by atoms with Gasteiger partial charge in [-0.05, 0) is 44.2 Å². The zero-order chi connectivity index (χ0) is 20.3. The molecule has 1 fully saturated rings. The number of carbonyl (C=O) groups excluding carboxylic acids is 2. The predicted molar refractivity (Wildman–Crippen MR) is 98.0 cm³/mol. The van der Waals surface area contributed by atoms with E-state index in [-0.39, 0.29) is 18.9 Å². The number of nitrogens with one attached hydrogen (secondary N) is 2. The number of likely N-dealkylation sites (tertiary alicyclic amines) is 1. The van der Waals surface area contributed by atoms with Crippen molar-refractivity contribution < 1.29 is 22.8 Å². The fraction of sp³-hybridized carbons (Fsp3) is 0.611. The van der Waals surface area contributed by atoms with Crippen molar-refractivity contribution in [1.82, 2.24) is 10.2 Å². The minimum absolute atomic E-state index is 0.108. The Labute approximate surface area is 164 Å². The summed E-state index contributed by atoms with van der Waals surface area (Å²) in [5, 5.41) is 14.6. The molecule has 2 aliphatic rings. The summed E-state index contributed by atoms with van der Waals surface area (Å²) in [4.78, 5) is 27.2. The molecule has 2 heterocycles. The standard InChI is InChI=1S/C18H21F3N4O2S/c19-18(20,21)10-23-16(27)13-4-2-7-25(13)8-6-15(26)24-17-12(9-22)11-3-1-5-14(11)28-17/h13H,1-8,10H2,(H,23,27)(H,24,26). The van der Waals surface area contributed by atoms with Gasteiger partial charge in [0, 0.05) is 17.8 Å². The smallest absolute Gasteiger partial charge is 0.346 e. The quantitative estimate of drug-likeness (QED) is 0.749. The summed E-state index contributed by atoms with van der Waals surface area (Å²) in [6.07, 6.45) is -0.366. The largest absolute Gasteiger partial charge is 0.405 e. The number of fused-ring (bicyclic) bond motifs is 1. The summed E-state index contributed by atoms with van der Waals surface area (Å²) in [6.45, 7) is -0.506. The lowest BCUT2D eigenvalue weighted by Crippen LogP contribution is -2.46. The van der Waals surface area contributed by atoms with E-state index in [1.54, 1.807) is 4.90 Å². The van der Waals surface area contributed by atoms with Gasteiger partial charge in [0.05, 0.1) is 11.6 Å². The molecule has 3 rings (SSSR count). The van der Waals surface area contributed by atoms with Gasteiger partial charge in [-0.15, -0.1) is 11.3 Å². The monoisotopic (exact) mass is 414 g/mol. The molecule has 0 bridgehead atoms. The molecule has 10 heteroatoms. The summed E-state index contributed by atoms with van der Waals surface area (Å²) in [6, 6.07) is 1.52. The van der Waals surface area contributed by atoms with Crippen LogP contribution < -0.4 is 10.6 Å². The Hall–Kier alpha value is -2.12. The minimum Gasteiger partial charge on any atom is -0.346 e. The molecular weight excluding hydrogens is 393 g/mol. The van der Waals surface area contributed by atoms with Crippen molar-refractivity contribution in [2.75, 3.05) is 25.0 Å². The van der Waals surface area contributed by atoms with Gasteiger partial charge in [0.25, 0.3) is 0 Å². The first-order chi connectivity index (χ1) is 13.3. The van der Waals surface area contributed by atoms with E-state index in [2.05, 4.69) is 11.4 Å². The van der Waals surface area contributed by atoms with Crippen LogP contribution in [0.2, 0.25) is 0 Å². The summed E-state index contributed by atoms with van der Waals surface area (Å²) >= 11 is 1.44.